The summed E-state index contributed by atoms with van der Waals surface area (Å²) >= 11 is 0. The van der Waals surface area contributed by atoms with Crippen molar-refractivity contribution in [3.8, 4) is 0 Å². The number of piperidine rings is 1. The summed E-state index contributed by atoms with van der Waals surface area (Å²) in [5.74, 6) is -1.74. The van der Waals surface area contributed by atoms with Crippen LogP contribution in [-0.4, -0.2) is 48.5 Å². The van der Waals surface area contributed by atoms with Crippen molar-refractivity contribution in [3.63, 3.8) is 0 Å². The molecule has 0 spiro atoms. The monoisotopic (exact) mass is 452 g/mol. The largest absolute Gasteiger partial charge is 0.465 e. The smallest absolute Gasteiger partial charge is 0.325 e. The minimum atomic E-state index is -1.75. The summed E-state index contributed by atoms with van der Waals surface area (Å²) in [6.07, 6.45) is -0.309. The molecule has 0 radical (unpaired) electrons. The Bertz CT molecular complexity index is 930. The molecule has 1 fully saturated rings. The molecule has 1 aliphatic rings. The fourth-order valence-corrected chi connectivity index (χ4v) is 4.27. The van der Waals surface area contributed by atoms with Gasteiger partial charge in [0.2, 0.25) is 5.91 Å². The quantitative estimate of drug-likeness (QED) is 0.464. The van der Waals surface area contributed by atoms with E-state index in [9.17, 15) is 14.4 Å². The van der Waals surface area contributed by atoms with E-state index in [0.29, 0.717) is 6.54 Å². The SMILES string of the molecule is CCOC(=O)C1(C(=O)OCC)CC(=O)N(Cc2ccccc2)CC1NC(C)c1ccccc1. The molecule has 176 valence electrons. The molecule has 1 N–H and O–H groups in total. The van der Waals surface area contributed by atoms with E-state index in [1.165, 1.54) is 0 Å². The molecule has 2 atom stereocenters. The summed E-state index contributed by atoms with van der Waals surface area (Å²) in [6, 6.07) is 18.5. The number of carbonyl (C=O) groups is 3. The summed E-state index contributed by atoms with van der Waals surface area (Å²) in [5.41, 5.74) is 0.227. The standard InChI is InChI=1S/C26H32N2O5/c1-4-32-24(30)26(25(31)33-5-2)16-23(29)28(17-20-12-8-6-9-13-20)18-22(26)27-19(3)21-14-10-7-11-15-21/h6-15,19,22,27H,4-5,16-18H2,1-3H3. The van der Waals surface area contributed by atoms with Crippen LogP contribution < -0.4 is 5.32 Å². The van der Waals surface area contributed by atoms with Crippen molar-refractivity contribution < 1.29 is 23.9 Å². The van der Waals surface area contributed by atoms with Crippen LogP contribution in [0.3, 0.4) is 0 Å². The summed E-state index contributed by atoms with van der Waals surface area (Å²) < 4.78 is 10.6. The van der Waals surface area contributed by atoms with Gasteiger partial charge in [-0.3, -0.25) is 14.4 Å². The zero-order chi connectivity index (χ0) is 23.8. The van der Waals surface area contributed by atoms with E-state index in [1.54, 1.807) is 18.7 Å². The molecule has 7 nitrogen and oxygen atoms in total. The van der Waals surface area contributed by atoms with Crippen molar-refractivity contribution in [2.75, 3.05) is 19.8 Å². The molecule has 1 aliphatic heterocycles. The highest BCUT2D eigenvalue weighted by Crippen LogP contribution is 2.37. The number of nitrogens with one attached hydrogen (secondary N) is 1. The van der Waals surface area contributed by atoms with Gasteiger partial charge in [0.1, 0.15) is 0 Å². The van der Waals surface area contributed by atoms with Gasteiger partial charge in [-0.05, 0) is 31.9 Å². The Kier molecular flexibility index (Phi) is 8.22. The highest BCUT2D eigenvalue weighted by atomic mass is 16.6. The van der Waals surface area contributed by atoms with Crippen LogP contribution in [0, 0.1) is 5.41 Å². The predicted molar refractivity (Wildman–Crippen MR) is 124 cm³/mol. The predicted octanol–water partition coefficient (Wildman–Crippen LogP) is 3.25. The maximum Gasteiger partial charge on any atom is 0.325 e. The van der Waals surface area contributed by atoms with Crippen LogP contribution in [-0.2, 0) is 30.4 Å². The third-order valence-electron chi connectivity index (χ3n) is 6.03. The van der Waals surface area contributed by atoms with Crippen LogP contribution in [0.5, 0.6) is 0 Å². The number of hydrogen-bond donors (Lipinski definition) is 1. The Labute approximate surface area is 195 Å². The van der Waals surface area contributed by atoms with Gasteiger partial charge in [0.05, 0.1) is 25.7 Å². The number of rotatable bonds is 9. The van der Waals surface area contributed by atoms with Gasteiger partial charge < -0.3 is 19.7 Å². The zero-order valence-corrected chi connectivity index (χ0v) is 19.5. The topological polar surface area (TPSA) is 84.9 Å². The highest BCUT2D eigenvalue weighted by Gasteiger charge is 2.60. The third kappa shape index (κ3) is 5.42. The van der Waals surface area contributed by atoms with Gasteiger partial charge in [0, 0.05) is 19.1 Å². The van der Waals surface area contributed by atoms with Crippen LogP contribution in [0.2, 0.25) is 0 Å². The summed E-state index contributed by atoms with van der Waals surface area (Å²) in [4.78, 5) is 41.4. The number of hydrogen-bond acceptors (Lipinski definition) is 6. The fourth-order valence-electron chi connectivity index (χ4n) is 4.27. The molecule has 0 bridgehead atoms. The number of benzene rings is 2. The van der Waals surface area contributed by atoms with E-state index >= 15 is 0 Å². The maximum absolute atomic E-state index is 13.2. The van der Waals surface area contributed by atoms with Gasteiger partial charge in [0.15, 0.2) is 5.41 Å². The molecule has 0 saturated carbocycles. The Morgan fingerprint density at radius 2 is 1.55 bits per heavy atom. The van der Waals surface area contributed by atoms with E-state index in [-0.39, 0.29) is 38.1 Å². The number of ether oxygens (including phenoxy) is 2. The first kappa shape index (κ1) is 24.5. The number of nitrogens with zero attached hydrogens (tertiary/aromatic N) is 1. The second-order valence-electron chi connectivity index (χ2n) is 8.20. The lowest BCUT2D eigenvalue weighted by molar-refractivity contribution is -0.182. The summed E-state index contributed by atoms with van der Waals surface area (Å²) in [5, 5.41) is 3.45. The van der Waals surface area contributed by atoms with Crippen LogP contribution in [0.4, 0.5) is 0 Å². The van der Waals surface area contributed by atoms with Crippen LogP contribution in [0.25, 0.3) is 0 Å². The Morgan fingerprint density at radius 1 is 1.00 bits per heavy atom. The normalized spacial score (nSPS) is 18.5. The molecular weight excluding hydrogens is 420 g/mol. The van der Waals surface area contributed by atoms with E-state index < -0.39 is 23.4 Å². The van der Waals surface area contributed by atoms with Crippen molar-refractivity contribution in [1.82, 2.24) is 10.2 Å². The number of amides is 1. The van der Waals surface area contributed by atoms with Crippen LogP contribution >= 0.6 is 0 Å². The molecule has 33 heavy (non-hydrogen) atoms. The minimum absolute atomic E-state index is 0.100. The van der Waals surface area contributed by atoms with E-state index in [2.05, 4.69) is 5.32 Å². The maximum atomic E-state index is 13.2. The van der Waals surface area contributed by atoms with Crippen LogP contribution in [0.15, 0.2) is 60.7 Å². The van der Waals surface area contributed by atoms with Crippen molar-refractivity contribution in [2.24, 2.45) is 5.41 Å². The third-order valence-corrected chi connectivity index (χ3v) is 6.03. The molecule has 7 heteroatoms. The summed E-state index contributed by atoms with van der Waals surface area (Å²) in [7, 11) is 0. The minimum Gasteiger partial charge on any atom is -0.465 e. The first-order valence-electron chi connectivity index (χ1n) is 11.4. The molecular formula is C26H32N2O5. The van der Waals surface area contributed by atoms with Gasteiger partial charge in [-0.15, -0.1) is 0 Å². The lowest BCUT2D eigenvalue weighted by Crippen LogP contribution is -2.65. The van der Waals surface area contributed by atoms with Crippen molar-refractivity contribution >= 4 is 17.8 Å². The van der Waals surface area contributed by atoms with E-state index in [1.807, 2.05) is 67.6 Å². The lowest BCUT2D eigenvalue weighted by Gasteiger charge is -2.45. The first-order valence-corrected chi connectivity index (χ1v) is 11.4. The average molecular weight is 453 g/mol. The van der Waals surface area contributed by atoms with Crippen molar-refractivity contribution in [3.05, 3.63) is 71.8 Å². The Hall–Kier alpha value is -3.19. The molecule has 1 saturated heterocycles. The molecule has 1 heterocycles. The number of esters is 2. The van der Waals surface area contributed by atoms with Gasteiger partial charge in [-0.25, -0.2) is 0 Å². The Morgan fingerprint density at radius 3 is 2.09 bits per heavy atom. The van der Waals surface area contributed by atoms with Crippen molar-refractivity contribution in [2.45, 2.75) is 45.8 Å². The van der Waals surface area contributed by atoms with E-state index in [4.69, 9.17) is 9.47 Å². The molecule has 2 unspecified atom stereocenters. The molecule has 3 rings (SSSR count). The van der Waals surface area contributed by atoms with E-state index in [0.717, 1.165) is 11.1 Å². The van der Waals surface area contributed by atoms with Gasteiger partial charge in [0.25, 0.3) is 0 Å². The average Bonchev–Trinajstić information content (AvgIpc) is 2.82. The highest BCUT2D eigenvalue weighted by molar-refractivity contribution is 6.05. The molecule has 2 aromatic carbocycles. The lowest BCUT2D eigenvalue weighted by atomic mass is 9.73. The second kappa shape index (κ2) is 11.1. The van der Waals surface area contributed by atoms with Gasteiger partial charge in [-0.2, -0.15) is 0 Å². The zero-order valence-electron chi connectivity index (χ0n) is 19.5. The molecule has 2 aromatic rings. The summed E-state index contributed by atoms with van der Waals surface area (Å²) in [6.45, 7) is 6.08. The van der Waals surface area contributed by atoms with Crippen LogP contribution in [0.1, 0.15) is 44.4 Å². The Balaban J connectivity index is 1.98. The first-order chi connectivity index (χ1) is 15.9. The van der Waals surface area contributed by atoms with Gasteiger partial charge >= 0.3 is 11.9 Å². The molecule has 1 amide bonds. The second-order valence-corrected chi connectivity index (χ2v) is 8.20. The fraction of sp³-hybridized carbons (Fsp3) is 0.423. The number of carbonyl (C=O) groups excluding carboxylic acids is 3. The molecule has 0 aliphatic carbocycles. The molecule has 0 aromatic heterocycles. The van der Waals surface area contributed by atoms with Crippen molar-refractivity contribution in [1.29, 1.82) is 0 Å². The van der Waals surface area contributed by atoms with Gasteiger partial charge in [-0.1, -0.05) is 60.7 Å². The number of likely N-dealkylation sites (tertiary alicyclic amines) is 1.